The van der Waals surface area contributed by atoms with Crippen LogP contribution >= 0.6 is 47.8 Å². The van der Waals surface area contributed by atoms with Crippen molar-refractivity contribution >= 4 is 47.8 Å². The van der Waals surface area contributed by atoms with Crippen molar-refractivity contribution in [3.05, 3.63) is 32.7 Å². The van der Waals surface area contributed by atoms with E-state index in [0.29, 0.717) is 16.8 Å². The minimum absolute atomic E-state index is 0.351. The number of benzene rings is 1. The molecule has 1 aliphatic heterocycles. The second-order valence-corrected chi connectivity index (χ2v) is 6.96. The minimum Gasteiger partial charge on any atom is -0.378 e. The van der Waals surface area contributed by atoms with E-state index in [2.05, 4.69) is 66.8 Å². The Bertz CT molecular complexity index is 381. The van der Waals surface area contributed by atoms with E-state index in [4.69, 9.17) is 4.74 Å². The molecule has 0 aliphatic carbocycles. The lowest BCUT2D eigenvalue weighted by Crippen LogP contribution is -2.08. The molecule has 1 heterocycles. The van der Waals surface area contributed by atoms with Gasteiger partial charge in [0.2, 0.25) is 0 Å². The van der Waals surface area contributed by atoms with Crippen LogP contribution in [-0.2, 0) is 4.74 Å². The Morgan fingerprint density at radius 2 is 2.12 bits per heavy atom. The number of rotatable bonds is 2. The lowest BCUT2D eigenvalue weighted by molar-refractivity contribution is 0.120. The summed E-state index contributed by atoms with van der Waals surface area (Å²) in [6.07, 6.45) is 1.51. The molecule has 0 saturated carbocycles. The Morgan fingerprint density at radius 3 is 2.75 bits per heavy atom. The fourth-order valence-electron chi connectivity index (χ4n) is 2.03. The highest BCUT2D eigenvalue weighted by Crippen LogP contribution is 2.41. The van der Waals surface area contributed by atoms with Gasteiger partial charge in [-0.1, -0.05) is 47.8 Å². The first-order chi connectivity index (χ1) is 7.58. The Labute approximate surface area is 121 Å². The van der Waals surface area contributed by atoms with Crippen molar-refractivity contribution in [1.82, 2.24) is 0 Å². The average molecular weight is 413 g/mol. The van der Waals surface area contributed by atoms with E-state index in [1.54, 1.807) is 0 Å². The summed E-state index contributed by atoms with van der Waals surface area (Å²) in [6, 6.07) is 6.28. The van der Waals surface area contributed by atoms with Crippen LogP contribution in [0, 0.1) is 5.92 Å². The van der Waals surface area contributed by atoms with Gasteiger partial charge in [0.15, 0.2) is 0 Å². The normalized spacial score (nSPS) is 27.0. The largest absolute Gasteiger partial charge is 0.378 e. The summed E-state index contributed by atoms with van der Waals surface area (Å²) in [6.45, 7) is 2.98. The SMILES string of the molecule is CC1CC(C(Br)c2cc(Br)ccc2Br)CO1. The van der Waals surface area contributed by atoms with Gasteiger partial charge < -0.3 is 4.74 Å². The molecule has 0 bridgehead atoms. The zero-order valence-corrected chi connectivity index (χ0v) is 13.7. The van der Waals surface area contributed by atoms with Gasteiger partial charge in [0.25, 0.3) is 0 Å². The first-order valence-electron chi connectivity index (χ1n) is 5.28. The maximum absolute atomic E-state index is 5.62. The maximum atomic E-state index is 5.62. The van der Waals surface area contributed by atoms with Gasteiger partial charge in [-0.3, -0.25) is 0 Å². The third kappa shape index (κ3) is 2.89. The topological polar surface area (TPSA) is 9.23 Å². The first kappa shape index (κ1) is 13.1. The van der Waals surface area contributed by atoms with Crippen LogP contribution in [0.25, 0.3) is 0 Å². The molecule has 2 rings (SSSR count). The van der Waals surface area contributed by atoms with Gasteiger partial charge in [-0.2, -0.15) is 0 Å². The molecule has 0 spiro atoms. The van der Waals surface area contributed by atoms with Gasteiger partial charge in [0.05, 0.1) is 12.7 Å². The Kier molecular flexibility index (Phi) is 4.50. The van der Waals surface area contributed by atoms with Gasteiger partial charge in [0.1, 0.15) is 0 Å². The Balaban J connectivity index is 2.20. The van der Waals surface area contributed by atoms with E-state index < -0.39 is 0 Å². The number of alkyl halides is 1. The van der Waals surface area contributed by atoms with Crippen molar-refractivity contribution in [2.75, 3.05) is 6.61 Å². The van der Waals surface area contributed by atoms with Crippen LogP contribution in [0.3, 0.4) is 0 Å². The third-order valence-corrected chi connectivity index (χ3v) is 5.35. The van der Waals surface area contributed by atoms with Crippen LogP contribution in [-0.4, -0.2) is 12.7 Å². The third-order valence-electron chi connectivity index (χ3n) is 2.90. The molecule has 1 saturated heterocycles. The van der Waals surface area contributed by atoms with Crippen LogP contribution in [0.2, 0.25) is 0 Å². The number of hydrogen-bond acceptors (Lipinski definition) is 1. The van der Waals surface area contributed by atoms with Gasteiger partial charge in [-0.05, 0) is 37.1 Å². The standard InChI is InChI=1S/C12H13Br3O/c1-7-4-8(6-16-7)12(15)10-5-9(13)2-3-11(10)14/h2-3,5,7-8,12H,4,6H2,1H3. The molecule has 0 radical (unpaired) electrons. The van der Waals surface area contributed by atoms with Crippen molar-refractivity contribution in [3.63, 3.8) is 0 Å². The summed E-state index contributed by atoms with van der Waals surface area (Å²) in [5.74, 6) is 0.556. The van der Waals surface area contributed by atoms with Crippen LogP contribution in [0.15, 0.2) is 27.1 Å². The fourth-order valence-corrected chi connectivity index (χ4v) is 3.96. The van der Waals surface area contributed by atoms with Crippen LogP contribution < -0.4 is 0 Å². The second kappa shape index (κ2) is 5.51. The van der Waals surface area contributed by atoms with Gasteiger partial charge in [-0.15, -0.1) is 0 Å². The summed E-state index contributed by atoms with van der Waals surface area (Å²) in [7, 11) is 0. The summed E-state index contributed by atoms with van der Waals surface area (Å²) in [5.41, 5.74) is 1.29. The molecule has 1 fully saturated rings. The fraction of sp³-hybridized carbons (Fsp3) is 0.500. The monoisotopic (exact) mass is 410 g/mol. The zero-order chi connectivity index (χ0) is 11.7. The average Bonchev–Trinajstić information content (AvgIpc) is 2.67. The van der Waals surface area contributed by atoms with Crippen LogP contribution in [0.1, 0.15) is 23.7 Å². The Hall–Kier alpha value is 0.620. The van der Waals surface area contributed by atoms with Gasteiger partial charge in [0, 0.05) is 19.7 Å². The molecular weight excluding hydrogens is 400 g/mol. The number of ether oxygens (including phenoxy) is 1. The van der Waals surface area contributed by atoms with E-state index in [-0.39, 0.29) is 0 Å². The summed E-state index contributed by atoms with van der Waals surface area (Å²) in [4.78, 5) is 0.351. The maximum Gasteiger partial charge on any atom is 0.0551 e. The summed E-state index contributed by atoms with van der Waals surface area (Å²) < 4.78 is 7.88. The molecule has 0 amide bonds. The molecule has 88 valence electrons. The molecule has 4 heteroatoms. The highest BCUT2D eigenvalue weighted by Gasteiger charge is 2.29. The molecule has 0 aromatic heterocycles. The van der Waals surface area contributed by atoms with E-state index in [1.165, 1.54) is 5.56 Å². The molecule has 0 N–H and O–H groups in total. The summed E-state index contributed by atoms with van der Waals surface area (Å²) in [5, 5.41) is 0. The first-order valence-corrected chi connectivity index (χ1v) is 7.78. The van der Waals surface area contributed by atoms with Gasteiger partial charge in [-0.25, -0.2) is 0 Å². The highest BCUT2D eigenvalue weighted by molar-refractivity contribution is 9.11. The molecule has 16 heavy (non-hydrogen) atoms. The zero-order valence-electron chi connectivity index (χ0n) is 8.92. The summed E-state index contributed by atoms with van der Waals surface area (Å²) >= 11 is 10.9. The predicted octanol–water partition coefficient (Wildman–Crippen LogP) is 5.07. The van der Waals surface area contributed by atoms with Gasteiger partial charge >= 0.3 is 0 Å². The van der Waals surface area contributed by atoms with E-state index in [9.17, 15) is 0 Å². The number of halogens is 3. The second-order valence-electron chi connectivity index (χ2n) is 4.21. The molecule has 1 aromatic carbocycles. The minimum atomic E-state index is 0.351. The van der Waals surface area contributed by atoms with Crippen molar-refractivity contribution in [3.8, 4) is 0 Å². The molecule has 1 nitrogen and oxygen atoms in total. The number of hydrogen-bond donors (Lipinski definition) is 0. The van der Waals surface area contributed by atoms with E-state index >= 15 is 0 Å². The quantitative estimate of drug-likeness (QED) is 0.616. The molecule has 1 aliphatic rings. The van der Waals surface area contributed by atoms with Crippen LogP contribution in [0.4, 0.5) is 0 Å². The van der Waals surface area contributed by atoms with Crippen LogP contribution in [0.5, 0.6) is 0 Å². The molecular formula is C12H13Br3O. The highest BCUT2D eigenvalue weighted by atomic mass is 79.9. The van der Waals surface area contributed by atoms with Crippen molar-refractivity contribution in [2.24, 2.45) is 5.92 Å². The molecule has 3 atom stereocenters. The van der Waals surface area contributed by atoms with Crippen molar-refractivity contribution in [2.45, 2.75) is 24.3 Å². The van der Waals surface area contributed by atoms with E-state index in [1.807, 2.05) is 6.07 Å². The lowest BCUT2D eigenvalue weighted by atomic mass is 9.97. The molecule has 3 unspecified atom stereocenters. The van der Waals surface area contributed by atoms with Crippen molar-refractivity contribution in [1.29, 1.82) is 0 Å². The molecule has 1 aromatic rings. The van der Waals surface area contributed by atoms with E-state index in [0.717, 1.165) is 22.0 Å². The lowest BCUT2D eigenvalue weighted by Gasteiger charge is -2.18. The smallest absolute Gasteiger partial charge is 0.0551 e. The Morgan fingerprint density at radius 1 is 1.38 bits per heavy atom. The van der Waals surface area contributed by atoms with Crippen molar-refractivity contribution < 1.29 is 4.74 Å². The predicted molar refractivity (Wildman–Crippen MR) is 77.0 cm³/mol.